The number of hydrogen-bond acceptors (Lipinski definition) is 5. The van der Waals surface area contributed by atoms with E-state index in [1.807, 2.05) is 24.3 Å². The molecule has 1 unspecified atom stereocenters. The lowest BCUT2D eigenvalue weighted by Gasteiger charge is -2.10. The van der Waals surface area contributed by atoms with Crippen LogP contribution in [0.25, 0.3) is 22.1 Å². The predicted octanol–water partition coefficient (Wildman–Crippen LogP) is 3.02. The molecule has 1 atom stereocenters. The van der Waals surface area contributed by atoms with Gasteiger partial charge in [0, 0.05) is 16.3 Å². The maximum atomic E-state index is 12.4. The second kappa shape index (κ2) is 6.70. The molecule has 0 aliphatic heterocycles. The van der Waals surface area contributed by atoms with Crippen LogP contribution in [-0.2, 0) is 14.6 Å². The van der Waals surface area contributed by atoms with Gasteiger partial charge in [-0.2, -0.15) is 0 Å². The van der Waals surface area contributed by atoms with Gasteiger partial charge in [0.1, 0.15) is 5.76 Å². The normalized spacial score (nSPS) is 12.9. The fourth-order valence-corrected chi connectivity index (χ4v) is 4.19. The van der Waals surface area contributed by atoms with E-state index in [1.165, 1.54) is 24.5 Å². The Morgan fingerprint density at radius 3 is 2.52 bits per heavy atom. The molecule has 0 bridgehead atoms. The van der Waals surface area contributed by atoms with Gasteiger partial charge in [-0.3, -0.25) is 10.0 Å². The van der Waals surface area contributed by atoms with Crippen molar-refractivity contribution in [1.82, 2.24) is 5.48 Å². The largest absolute Gasteiger partial charge is 0.463 e. The maximum Gasteiger partial charge on any atom is 0.247 e. The first-order valence-electron chi connectivity index (χ1n) is 7.66. The zero-order valence-corrected chi connectivity index (χ0v) is 14.3. The lowest BCUT2D eigenvalue weighted by atomic mass is 10.1. The number of rotatable bonds is 5. The van der Waals surface area contributed by atoms with Gasteiger partial charge in [-0.05, 0) is 24.3 Å². The van der Waals surface area contributed by atoms with Crippen molar-refractivity contribution in [3.63, 3.8) is 0 Å². The summed E-state index contributed by atoms with van der Waals surface area (Å²) in [6.45, 7) is 1.44. The average Bonchev–Trinajstić information content (AvgIpc) is 3.04. The third-order valence-electron chi connectivity index (χ3n) is 4.01. The quantitative estimate of drug-likeness (QED) is 0.539. The lowest BCUT2D eigenvalue weighted by Crippen LogP contribution is -2.30. The molecule has 6 nitrogen and oxygen atoms in total. The van der Waals surface area contributed by atoms with Gasteiger partial charge in [0.2, 0.25) is 5.91 Å². The van der Waals surface area contributed by atoms with Crippen LogP contribution in [0, 0.1) is 5.92 Å². The molecule has 1 amide bonds. The van der Waals surface area contributed by atoms with E-state index in [0.29, 0.717) is 5.76 Å². The van der Waals surface area contributed by atoms with Gasteiger partial charge in [-0.25, -0.2) is 13.9 Å². The molecule has 1 aromatic heterocycles. The summed E-state index contributed by atoms with van der Waals surface area (Å²) < 4.78 is 30.4. The van der Waals surface area contributed by atoms with E-state index in [4.69, 9.17) is 9.62 Å². The first-order chi connectivity index (χ1) is 11.9. The van der Waals surface area contributed by atoms with Crippen molar-refractivity contribution in [3.05, 3.63) is 54.8 Å². The molecule has 130 valence electrons. The van der Waals surface area contributed by atoms with Crippen molar-refractivity contribution in [2.24, 2.45) is 5.92 Å². The number of amides is 1. The van der Waals surface area contributed by atoms with E-state index in [0.717, 1.165) is 16.3 Å². The second-order valence-corrected chi connectivity index (χ2v) is 7.87. The molecule has 2 aromatic carbocycles. The molecule has 3 rings (SSSR count). The summed E-state index contributed by atoms with van der Waals surface area (Å²) >= 11 is 0. The topological polar surface area (TPSA) is 96.6 Å². The third-order valence-corrected chi connectivity index (χ3v) is 5.94. The van der Waals surface area contributed by atoms with Crippen molar-refractivity contribution in [2.75, 3.05) is 5.75 Å². The third kappa shape index (κ3) is 3.42. The molecule has 0 radical (unpaired) electrons. The van der Waals surface area contributed by atoms with Crippen LogP contribution in [0.2, 0.25) is 0 Å². The van der Waals surface area contributed by atoms with Gasteiger partial charge in [-0.1, -0.05) is 31.2 Å². The summed E-state index contributed by atoms with van der Waals surface area (Å²) in [6, 6.07) is 14.0. The Bertz CT molecular complexity index is 1010. The highest BCUT2D eigenvalue weighted by Crippen LogP contribution is 2.31. The van der Waals surface area contributed by atoms with E-state index < -0.39 is 21.7 Å². The Labute approximate surface area is 145 Å². The number of furan rings is 1. The summed E-state index contributed by atoms with van der Waals surface area (Å²) in [6.07, 6.45) is 1.66. The van der Waals surface area contributed by atoms with Crippen LogP contribution >= 0.6 is 0 Å². The van der Waals surface area contributed by atoms with Crippen LogP contribution in [0.4, 0.5) is 0 Å². The van der Waals surface area contributed by atoms with Crippen molar-refractivity contribution in [3.8, 4) is 11.3 Å². The fraction of sp³-hybridized carbons (Fsp3) is 0.167. The van der Waals surface area contributed by atoms with Crippen LogP contribution < -0.4 is 5.48 Å². The first-order valence-corrected chi connectivity index (χ1v) is 9.31. The number of hydrogen-bond donors (Lipinski definition) is 2. The summed E-state index contributed by atoms with van der Waals surface area (Å²) in [5.41, 5.74) is 2.23. The van der Waals surface area contributed by atoms with Crippen molar-refractivity contribution in [1.29, 1.82) is 0 Å². The number of carbonyl (C=O) groups excluding carboxylic acids is 1. The summed E-state index contributed by atoms with van der Waals surface area (Å²) in [5, 5.41) is 10.5. The number of hydroxylamine groups is 1. The molecule has 0 saturated carbocycles. The molecule has 0 aliphatic carbocycles. The van der Waals surface area contributed by atoms with Crippen molar-refractivity contribution >= 4 is 26.5 Å². The highest BCUT2D eigenvalue weighted by molar-refractivity contribution is 7.91. The molecule has 0 fully saturated rings. The van der Waals surface area contributed by atoms with E-state index >= 15 is 0 Å². The second-order valence-electron chi connectivity index (χ2n) is 5.83. The molecule has 0 saturated heterocycles. The highest BCUT2D eigenvalue weighted by atomic mass is 32.2. The Morgan fingerprint density at radius 1 is 1.16 bits per heavy atom. The fourth-order valence-electron chi connectivity index (χ4n) is 2.64. The Morgan fingerprint density at radius 2 is 1.84 bits per heavy atom. The minimum atomic E-state index is -3.65. The van der Waals surface area contributed by atoms with Crippen molar-refractivity contribution in [2.45, 2.75) is 11.8 Å². The number of nitrogens with one attached hydrogen (secondary N) is 1. The Hall–Kier alpha value is -2.64. The molecule has 7 heteroatoms. The molecular weight excluding hydrogens is 342 g/mol. The monoisotopic (exact) mass is 359 g/mol. The van der Waals surface area contributed by atoms with Gasteiger partial charge >= 0.3 is 0 Å². The predicted molar refractivity (Wildman–Crippen MR) is 92.8 cm³/mol. The van der Waals surface area contributed by atoms with Crippen LogP contribution in [0.3, 0.4) is 0 Å². The maximum absolute atomic E-state index is 12.4. The van der Waals surface area contributed by atoms with E-state index in [-0.39, 0.29) is 10.6 Å². The molecule has 0 aliphatic rings. The van der Waals surface area contributed by atoms with Crippen LogP contribution in [0.1, 0.15) is 6.92 Å². The molecule has 0 spiro atoms. The Kier molecular flexibility index (Phi) is 4.61. The zero-order valence-electron chi connectivity index (χ0n) is 13.5. The molecule has 2 N–H and O–H groups in total. The van der Waals surface area contributed by atoms with Gasteiger partial charge in [0.25, 0.3) is 0 Å². The average molecular weight is 359 g/mol. The van der Waals surface area contributed by atoms with Crippen LogP contribution in [0.5, 0.6) is 0 Å². The minimum absolute atomic E-state index is 0.115. The van der Waals surface area contributed by atoms with E-state index in [1.54, 1.807) is 18.4 Å². The highest BCUT2D eigenvalue weighted by Gasteiger charge is 2.23. The van der Waals surface area contributed by atoms with Gasteiger partial charge in [0.05, 0.1) is 22.8 Å². The van der Waals surface area contributed by atoms with Gasteiger partial charge in [0.15, 0.2) is 9.84 Å². The number of carbonyl (C=O) groups is 1. The first kappa shape index (κ1) is 17.2. The lowest BCUT2D eigenvalue weighted by molar-refractivity contribution is -0.132. The van der Waals surface area contributed by atoms with Crippen LogP contribution in [0.15, 0.2) is 64.1 Å². The van der Waals surface area contributed by atoms with Crippen molar-refractivity contribution < 1.29 is 22.8 Å². The van der Waals surface area contributed by atoms with E-state index in [2.05, 4.69) is 0 Å². The molecule has 25 heavy (non-hydrogen) atoms. The Balaban J connectivity index is 1.88. The van der Waals surface area contributed by atoms with Gasteiger partial charge in [-0.15, -0.1) is 0 Å². The minimum Gasteiger partial charge on any atom is -0.463 e. The van der Waals surface area contributed by atoms with Crippen LogP contribution in [-0.4, -0.2) is 25.3 Å². The smallest absolute Gasteiger partial charge is 0.247 e. The number of fused-ring (bicyclic) bond motifs is 1. The SMILES string of the molecule is CC(CS(=O)(=O)c1ccc(-c2occ3ccccc23)cc1)C(=O)NO. The standard InChI is InChI=1S/C18H17NO5S/c1-12(18(20)19-21)11-25(22,23)15-8-6-13(7-9-15)17-16-5-3-2-4-14(16)10-24-17/h2-10,12,21H,11H2,1H3,(H,19,20). The summed E-state index contributed by atoms with van der Waals surface area (Å²) in [7, 11) is -3.65. The van der Waals surface area contributed by atoms with E-state index in [9.17, 15) is 13.2 Å². The molecular formula is C18H17NO5S. The molecule has 3 aromatic rings. The molecule has 1 heterocycles. The number of sulfone groups is 1. The summed E-state index contributed by atoms with van der Waals surface area (Å²) in [4.78, 5) is 11.4. The number of benzene rings is 2. The van der Waals surface area contributed by atoms with Gasteiger partial charge < -0.3 is 4.42 Å². The summed E-state index contributed by atoms with van der Waals surface area (Å²) in [5.74, 6) is -1.30. The zero-order chi connectivity index (χ0) is 18.0.